The molecule has 0 radical (unpaired) electrons. The number of rotatable bonds is 4. The highest BCUT2D eigenvalue weighted by molar-refractivity contribution is 5.68. The van der Waals surface area contributed by atoms with E-state index < -0.39 is 0 Å². The Morgan fingerprint density at radius 1 is 1.00 bits per heavy atom. The van der Waals surface area contributed by atoms with Gasteiger partial charge in [0.05, 0.1) is 0 Å². The minimum Gasteiger partial charge on any atom is -0.355 e. The molecular formula is C20H20N4. The van der Waals surface area contributed by atoms with Crippen molar-refractivity contribution in [3.63, 3.8) is 0 Å². The molecule has 1 aliphatic rings. The zero-order chi connectivity index (χ0) is 16.4. The smallest absolute Gasteiger partial charge is 0.138 e. The van der Waals surface area contributed by atoms with E-state index in [1.807, 2.05) is 6.07 Å². The molecule has 4 nitrogen and oxygen atoms in total. The molecule has 0 saturated heterocycles. The lowest BCUT2D eigenvalue weighted by molar-refractivity contribution is 0.884. The van der Waals surface area contributed by atoms with Gasteiger partial charge in [0.15, 0.2) is 0 Å². The SMILES string of the molecule is CN(Cc1ccccc1)c1cc(N2CCc3ccccc32)ncn1. The number of hydrogen-bond acceptors (Lipinski definition) is 4. The molecule has 0 bridgehead atoms. The standard InChI is InChI=1S/C20H20N4/c1-23(14-16-7-3-2-4-8-16)19-13-20(22-15-21-19)24-12-11-17-9-5-6-10-18(17)24/h2-10,13,15H,11-12,14H2,1H3. The zero-order valence-electron chi connectivity index (χ0n) is 13.8. The van der Waals surface area contributed by atoms with Gasteiger partial charge in [0.25, 0.3) is 0 Å². The average molecular weight is 316 g/mol. The third-order valence-electron chi connectivity index (χ3n) is 4.46. The van der Waals surface area contributed by atoms with Crippen LogP contribution in [0.3, 0.4) is 0 Å². The summed E-state index contributed by atoms with van der Waals surface area (Å²) in [4.78, 5) is 13.4. The third-order valence-corrected chi connectivity index (χ3v) is 4.46. The lowest BCUT2D eigenvalue weighted by Crippen LogP contribution is -2.20. The van der Waals surface area contributed by atoms with E-state index in [1.165, 1.54) is 16.8 Å². The summed E-state index contributed by atoms with van der Waals surface area (Å²) < 4.78 is 0. The van der Waals surface area contributed by atoms with Crippen molar-refractivity contribution in [1.29, 1.82) is 0 Å². The molecule has 3 aromatic rings. The van der Waals surface area contributed by atoms with Crippen LogP contribution in [0.15, 0.2) is 67.0 Å². The number of fused-ring (bicyclic) bond motifs is 1. The molecule has 2 aromatic carbocycles. The van der Waals surface area contributed by atoms with Crippen molar-refractivity contribution in [2.45, 2.75) is 13.0 Å². The first-order valence-corrected chi connectivity index (χ1v) is 8.24. The van der Waals surface area contributed by atoms with Gasteiger partial charge in [0, 0.05) is 31.9 Å². The predicted octanol–water partition coefficient (Wildman–Crippen LogP) is 3.81. The molecule has 0 aliphatic carbocycles. The van der Waals surface area contributed by atoms with Crippen molar-refractivity contribution in [1.82, 2.24) is 9.97 Å². The Bertz CT molecular complexity index is 832. The summed E-state index contributed by atoms with van der Waals surface area (Å²) in [6.45, 7) is 1.80. The Labute approximate surface area is 142 Å². The van der Waals surface area contributed by atoms with E-state index in [1.54, 1.807) is 6.33 Å². The monoisotopic (exact) mass is 316 g/mol. The maximum Gasteiger partial charge on any atom is 0.138 e. The average Bonchev–Trinajstić information content (AvgIpc) is 3.07. The van der Waals surface area contributed by atoms with Crippen molar-refractivity contribution < 1.29 is 0 Å². The van der Waals surface area contributed by atoms with Gasteiger partial charge in [-0.1, -0.05) is 48.5 Å². The van der Waals surface area contributed by atoms with Gasteiger partial charge in [-0.25, -0.2) is 9.97 Å². The van der Waals surface area contributed by atoms with Crippen LogP contribution in [-0.4, -0.2) is 23.6 Å². The predicted molar refractivity (Wildman–Crippen MR) is 97.7 cm³/mol. The minimum atomic E-state index is 0.827. The molecular weight excluding hydrogens is 296 g/mol. The largest absolute Gasteiger partial charge is 0.355 e. The van der Waals surface area contributed by atoms with E-state index in [9.17, 15) is 0 Å². The van der Waals surface area contributed by atoms with E-state index in [2.05, 4.69) is 81.4 Å². The fourth-order valence-electron chi connectivity index (χ4n) is 3.21. The Balaban J connectivity index is 1.58. The van der Waals surface area contributed by atoms with Crippen molar-refractivity contribution in [2.75, 3.05) is 23.4 Å². The van der Waals surface area contributed by atoms with Crippen LogP contribution in [0.1, 0.15) is 11.1 Å². The molecule has 0 saturated carbocycles. The van der Waals surface area contributed by atoms with Crippen molar-refractivity contribution >= 4 is 17.3 Å². The van der Waals surface area contributed by atoms with E-state index in [4.69, 9.17) is 0 Å². The lowest BCUT2D eigenvalue weighted by Gasteiger charge is -2.22. The molecule has 0 unspecified atom stereocenters. The highest BCUT2D eigenvalue weighted by atomic mass is 15.2. The normalized spacial score (nSPS) is 13.0. The van der Waals surface area contributed by atoms with Gasteiger partial charge in [0.1, 0.15) is 18.0 Å². The zero-order valence-corrected chi connectivity index (χ0v) is 13.8. The van der Waals surface area contributed by atoms with Crippen molar-refractivity contribution in [2.24, 2.45) is 0 Å². The Morgan fingerprint density at radius 3 is 2.67 bits per heavy atom. The third kappa shape index (κ3) is 2.83. The summed E-state index contributed by atoms with van der Waals surface area (Å²) >= 11 is 0. The first kappa shape index (κ1) is 14.7. The van der Waals surface area contributed by atoms with Gasteiger partial charge in [0.2, 0.25) is 0 Å². The molecule has 1 aromatic heterocycles. The summed E-state index contributed by atoms with van der Waals surface area (Å²) in [6.07, 6.45) is 2.72. The topological polar surface area (TPSA) is 32.3 Å². The Hall–Kier alpha value is -2.88. The molecule has 1 aliphatic heterocycles. The molecule has 0 N–H and O–H groups in total. The fraction of sp³-hybridized carbons (Fsp3) is 0.200. The first-order chi connectivity index (χ1) is 11.8. The van der Waals surface area contributed by atoms with E-state index in [-0.39, 0.29) is 0 Å². The molecule has 0 atom stereocenters. The number of nitrogens with zero attached hydrogens (tertiary/aromatic N) is 4. The molecule has 0 amide bonds. The maximum absolute atomic E-state index is 4.50. The molecule has 120 valence electrons. The molecule has 4 heteroatoms. The summed E-state index contributed by atoms with van der Waals surface area (Å²) in [5.41, 5.74) is 3.91. The number of anilines is 3. The second kappa shape index (κ2) is 6.32. The Morgan fingerprint density at radius 2 is 1.79 bits per heavy atom. The molecule has 0 spiro atoms. The van der Waals surface area contributed by atoms with Crippen LogP contribution in [0, 0.1) is 0 Å². The van der Waals surface area contributed by atoms with Crippen LogP contribution in [0.2, 0.25) is 0 Å². The molecule has 4 rings (SSSR count). The molecule has 2 heterocycles. The van der Waals surface area contributed by atoms with Crippen LogP contribution in [0.25, 0.3) is 0 Å². The number of aromatic nitrogens is 2. The van der Waals surface area contributed by atoms with Gasteiger partial charge in [-0.3, -0.25) is 0 Å². The van der Waals surface area contributed by atoms with Gasteiger partial charge >= 0.3 is 0 Å². The van der Waals surface area contributed by atoms with Crippen LogP contribution in [0.4, 0.5) is 17.3 Å². The van der Waals surface area contributed by atoms with Crippen LogP contribution in [-0.2, 0) is 13.0 Å². The van der Waals surface area contributed by atoms with Gasteiger partial charge < -0.3 is 9.80 Å². The minimum absolute atomic E-state index is 0.827. The van der Waals surface area contributed by atoms with Crippen molar-refractivity contribution in [3.05, 3.63) is 78.1 Å². The highest BCUT2D eigenvalue weighted by Gasteiger charge is 2.21. The number of hydrogen-bond donors (Lipinski definition) is 0. The number of para-hydroxylation sites is 1. The summed E-state index contributed by atoms with van der Waals surface area (Å²) in [5.74, 6) is 1.90. The second-order valence-corrected chi connectivity index (χ2v) is 6.11. The summed E-state index contributed by atoms with van der Waals surface area (Å²) in [7, 11) is 2.07. The molecule has 0 fully saturated rings. The van der Waals surface area contributed by atoms with Crippen LogP contribution >= 0.6 is 0 Å². The van der Waals surface area contributed by atoms with E-state index >= 15 is 0 Å². The van der Waals surface area contributed by atoms with E-state index in [0.717, 1.165) is 31.1 Å². The molecule has 24 heavy (non-hydrogen) atoms. The van der Waals surface area contributed by atoms with Gasteiger partial charge in [-0.15, -0.1) is 0 Å². The summed E-state index contributed by atoms with van der Waals surface area (Å²) in [5, 5.41) is 0. The van der Waals surface area contributed by atoms with Crippen molar-refractivity contribution in [3.8, 4) is 0 Å². The fourth-order valence-corrected chi connectivity index (χ4v) is 3.21. The lowest BCUT2D eigenvalue weighted by atomic mass is 10.2. The first-order valence-electron chi connectivity index (χ1n) is 8.24. The van der Waals surface area contributed by atoms with Crippen LogP contribution < -0.4 is 9.80 Å². The van der Waals surface area contributed by atoms with Gasteiger partial charge in [-0.2, -0.15) is 0 Å². The Kier molecular flexibility index (Phi) is 3.87. The van der Waals surface area contributed by atoms with Gasteiger partial charge in [-0.05, 0) is 23.6 Å². The summed E-state index contributed by atoms with van der Waals surface area (Å²) in [6, 6.07) is 21.1. The maximum atomic E-state index is 4.50. The number of benzene rings is 2. The van der Waals surface area contributed by atoms with Crippen LogP contribution in [0.5, 0.6) is 0 Å². The highest BCUT2D eigenvalue weighted by Crippen LogP contribution is 2.33. The quantitative estimate of drug-likeness (QED) is 0.733. The second-order valence-electron chi connectivity index (χ2n) is 6.11. The van der Waals surface area contributed by atoms with E-state index in [0.29, 0.717) is 0 Å².